The minimum Gasteiger partial charge on any atom is -0.396 e. The summed E-state index contributed by atoms with van der Waals surface area (Å²) < 4.78 is 5.90. The monoisotopic (exact) mass is 282 g/mol. The summed E-state index contributed by atoms with van der Waals surface area (Å²) in [5, 5.41) is 6.97. The first-order chi connectivity index (χ1) is 7.66. The van der Waals surface area contributed by atoms with Gasteiger partial charge in [0.25, 0.3) is 0 Å². The van der Waals surface area contributed by atoms with Gasteiger partial charge in [-0.1, -0.05) is 5.16 Å². The van der Waals surface area contributed by atoms with Gasteiger partial charge in [-0.05, 0) is 22.9 Å². The normalized spacial score (nSPS) is 10.4. The maximum Gasteiger partial charge on any atom is 0.156 e. The second-order valence-corrected chi connectivity index (χ2v) is 4.23. The van der Waals surface area contributed by atoms with Crippen LogP contribution in [0.5, 0.6) is 0 Å². The Bertz CT molecular complexity index is 477. The van der Waals surface area contributed by atoms with Crippen molar-refractivity contribution in [1.29, 1.82) is 0 Å². The number of pyridine rings is 1. The third-order valence-electron chi connectivity index (χ3n) is 2.05. The Kier molecular flexibility index (Phi) is 3.09. The van der Waals surface area contributed by atoms with Crippen molar-refractivity contribution in [2.75, 3.05) is 11.1 Å². The van der Waals surface area contributed by atoms with Crippen molar-refractivity contribution >= 4 is 27.3 Å². The first-order valence-electron chi connectivity index (χ1n) is 4.72. The van der Waals surface area contributed by atoms with E-state index >= 15 is 0 Å². The summed E-state index contributed by atoms with van der Waals surface area (Å²) in [4.78, 5) is 3.96. The molecule has 0 spiro atoms. The Morgan fingerprint density at radius 1 is 1.50 bits per heavy atom. The van der Waals surface area contributed by atoms with Crippen LogP contribution in [0.3, 0.4) is 0 Å². The van der Waals surface area contributed by atoms with Crippen LogP contribution in [0.1, 0.15) is 11.5 Å². The lowest BCUT2D eigenvalue weighted by Gasteiger charge is -2.08. The number of halogens is 1. The predicted molar refractivity (Wildman–Crippen MR) is 64.9 cm³/mol. The van der Waals surface area contributed by atoms with Gasteiger partial charge in [0, 0.05) is 12.3 Å². The molecule has 0 aliphatic carbocycles. The Morgan fingerprint density at radius 3 is 2.94 bits per heavy atom. The summed E-state index contributed by atoms with van der Waals surface area (Å²) in [7, 11) is 0. The molecule has 0 aliphatic rings. The molecule has 16 heavy (non-hydrogen) atoms. The van der Waals surface area contributed by atoms with E-state index in [1.165, 1.54) is 0 Å². The molecule has 0 bridgehead atoms. The summed E-state index contributed by atoms with van der Waals surface area (Å²) in [5.41, 5.74) is 8.05. The number of aryl methyl sites for hydroxylation is 1. The number of nitrogens with two attached hydrogens (primary N) is 1. The standard InChI is InChI=1S/C10H11BrN4O/c1-6-2-7(16-15-6)3-14-10-8(11)4-13-5-9(10)12/h2,4-5H,3,12H2,1H3,(H,13,14). The van der Waals surface area contributed by atoms with Crippen LogP contribution >= 0.6 is 15.9 Å². The lowest BCUT2D eigenvalue weighted by atomic mass is 10.3. The maximum absolute atomic E-state index is 5.79. The van der Waals surface area contributed by atoms with Gasteiger partial charge in [0.15, 0.2) is 5.76 Å². The molecule has 0 aliphatic heterocycles. The second-order valence-electron chi connectivity index (χ2n) is 3.37. The minimum atomic E-state index is 0.535. The van der Waals surface area contributed by atoms with Crippen LogP contribution in [-0.2, 0) is 6.54 Å². The Balaban J connectivity index is 2.10. The van der Waals surface area contributed by atoms with Gasteiger partial charge in [0.05, 0.1) is 34.3 Å². The Hall–Kier alpha value is -1.56. The van der Waals surface area contributed by atoms with Gasteiger partial charge < -0.3 is 15.6 Å². The molecule has 2 heterocycles. The molecule has 0 atom stereocenters. The molecule has 0 fully saturated rings. The largest absolute Gasteiger partial charge is 0.396 e. The average molecular weight is 283 g/mol. The van der Waals surface area contributed by atoms with Crippen molar-refractivity contribution in [2.24, 2.45) is 0 Å². The summed E-state index contributed by atoms with van der Waals surface area (Å²) in [6.45, 7) is 2.41. The van der Waals surface area contributed by atoms with E-state index in [9.17, 15) is 0 Å². The summed E-state index contributed by atoms with van der Waals surface area (Å²) in [5.74, 6) is 0.764. The zero-order valence-corrected chi connectivity index (χ0v) is 10.3. The topological polar surface area (TPSA) is 77.0 Å². The zero-order chi connectivity index (χ0) is 11.5. The van der Waals surface area contributed by atoms with Crippen molar-refractivity contribution in [3.8, 4) is 0 Å². The number of aromatic nitrogens is 2. The first kappa shape index (κ1) is 10.9. The highest BCUT2D eigenvalue weighted by Gasteiger charge is 2.06. The Labute approximate surface area is 101 Å². The molecule has 5 nitrogen and oxygen atoms in total. The van der Waals surface area contributed by atoms with Gasteiger partial charge in [-0.2, -0.15) is 0 Å². The van der Waals surface area contributed by atoms with Crippen molar-refractivity contribution in [3.05, 3.63) is 34.4 Å². The molecular weight excluding hydrogens is 272 g/mol. The fourth-order valence-electron chi connectivity index (χ4n) is 1.31. The van der Waals surface area contributed by atoms with E-state index in [2.05, 4.69) is 31.4 Å². The van der Waals surface area contributed by atoms with E-state index in [4.69, 9.17) is 10.3 Å². The zero-order valence-electron chi connectivity index (χ0n) is 8.70. The van der Waals surface area contributed by atoms with Crippen molar-refractivity contribution < 1.29 is 4.52 Å². The van der Waals surface area contributed by atoms with Gasteiger partial charge in [-0.3, -0.25) is 4.98 Å². The highest BCUT2D eigenvalue weighted by Crippen LogP contribution is 2.27. The summed E-state index contributed by atoms with van der Waals surface area (Å²) in [6.07, 6.45) is 3.28. The maximum atomic E-state index is 5.79. The minimum absolute atomic E-state index is 0.535. The number of nitrogen functional groups attached to an aromatic ring is 1. The molecule has 2 aromatic heterocycles. The molecule has 0 amide bonds. The van der Waals surface area contributed by atoms with Gasteiger partial charge in [-0.25, -0.2) is 0 Å². The van der Waals surface area contributed by atoms with E-state index in [0.29, 0.717) is 12.2 Å². The van der Waals surface area contributed by atoms with Gasteiger partial charge in [0.1, 0.15) is 0 Å². The highest BCUT2D eigenvalue weighted by atomic mass is 79.9. The smallest absolute Gasteiger partial charge is 0.156 e. The molecule has 2 aromatic rings. The van der Waals surface area contributed by atoms with Crippen molar-refractivity contribution in [1.82, 2.24) is 10.1 Å². The van der Waals surface area contributed by atoms with Crippen LogP contribution in [-0.4, -0.2) is 10.1 Å². The lowest BCUT2D eigenvalue weighted by Crippen LogP contribution is -2.03. The molecule has 0 saturated carbocycles. The molecule has 6 heteroatoms. The molecule has 2 rings (SSSR count). The van der Waals surface area contributed by atoms with Crippen LogP contribution in [0, 0.1) is 6.92 Å². The quantitative estimate of drug-likeness (QED) is 0.904. The number of nitrogens with zero attached hydrogens (tertiary/aromatic N) is 2. The number of hydrogen-bond donors (Lipinski definition) is 2. The van der Waals surface area contributed by atoms with E-state index < -0.39 is 0 Å². The SMILES string of the molecule is Cc1cc(CNc2c(N)cncc2Br)on1. The van der Waals surface area contributed by atoms with Crippen molar-refractivity contribution in [3.63, 3.8) is 0 Å². The Morgan fingerprint density at radius 2 is 2.31 bits per heavy atom. The molecule has 0 aromatic carbocycles. The van der Waals surface area contributed by atoms with Crippen molar-refractivity contribution in [2.45, 2.75) is 13.5 Å². The molecule has 3 N–H and O–H groups in total. The molecular formula is C10H11BrN4O. The number of nitrogens with one attached hydrogen (secondary N) is 1. The molecule has 0 radical (unpaired) electrons. The van der Waals surface area contributed by atoms with E-state index in [1.807, 2.05) is 13.0 Å². The van der Waals surface area contributed by atoms with E-state index in [-0.39, 0.29) is 0 Å². The third-order valence-corrected chi connectivity index (χ3v) is 2.65. The molecule has 84 valence electrons. The fraction of sp³-hybridized carbons (Fsp3) is 0.200. The summed E-state index contributed by atoms with van der Waals surface area (Å²) in [6, 6.07) is 1.87. The van der Waals surface area contributed by atoms with E-state index in [0.717, 1.165) is 21.6 Å². The second kappa shape index (κ2) is 4.52. The highest BCUT2D eigenvalue weighted by molar-refractivity contribution is 9.10. The molecule has 0 unspecified atom stereocenters. The van der Waals surface area contributed by atoms with Gasteiger partial charge in [-0.15, -0.1) is 0 Å². The average Bonchev–Trinajstić information content (AvgIpc) is 2.63. The third kappa shape index (κ3) is 2.33. The number of hydrogen-bond acceptors (Lipinski definition) is 5. The van der Waals surface area contributed by atoms with Crippen LogP contribution in [0.2, 0.25) is 0 Å². The van der Waals surface area contributed by atoms with Crippen LogP contribution in [0.25, 0.3) is 0 Å². The number of anilines is 2. The fourth-order valence-corrected chi connectivity index (χ4v) is 1.80. The summed E-state index contributed by atoms with van der Waals surface area (Å²) >= 11 is 3.37. The van der Waals surface area contributed by atoms with E-state index in [1.54, 1.807) is 12.4 Å². The van der Waals surface area contributed by atoms with Crippen LogP contribution in [0.15, 0.2) is 27.5 Å². The number of rotatable bonds is 3. The molecule has 0 saturated heterocycles. The lowest BCUT2D eigenvalue weighted by molar-refractivity contribution is 0.384. The predicted octanol–water partition coefficient (Wildman–Crippen LogP) is 2.33. The van der Waals surface area contributed by atoms with Crippen LogP contribution < -0.4 is 11.1 Å². The first-order valence-corrected chi connectivity index (χ1v) is 5.51. The van der Waals surface area contributed by atoms with Gasteiger partial charge >= 0.3 is 0 Å². The van der Waals surface area contributed by atoms with Gasteiger partial charge in [0.2, 0.25) is 0 Å². The van der Waals surface area contributed by atoms with Crippen LogP contribution in [0.4, 0.5) is 11.4 Å².